The Morgan fingerprint density at radius 2 is 2.08 bits per heavy atom. The van der Waals surface area contributed by atoms with Crippen LogP contribution in [0.25, 0.3) is 0 Å². The van der Waals surface area contributed by atoms with Crippen LogP contribution >= 0.6 is 0 Å². The van der Waals surface area contributed by atoms with E-state index in [2.05, 4.69) is 11.8 Å². The molecule has 1 rings (SSSR count). The van der Waals surface area contributed by atoms with Gasteiger partial charge in [-0.3, -0.25) is 9.69 Å². The van der Waals surface area contributed by atoms with Crippen molar-refractivity contribution in [2.45, 2.75) is 19.4 Å². The van der Waals surface area contributed by atoms with E-state index in [-0.39, 0.29) is 11.9 Å². The lowest BCUT2D eigenvalue weighted by atomic mass is 10.0. The number of amides is 1. The topological polar surface area (TPSA) is 23.6 Å². The van der Waals surface area contributed by atoms with Gasteiger partial charge in [-0.25, -0.2) is 0 Å². The summed E-state index contributed by atoms with van der Waals surface area (Å²) >= 11 is 0. The molecule has 1 heterocycles. The number of rotatable bonds is 1. The van der Waals surface area contributed by atoms with E-state index < -0.39 is 0 Å². The zero-order valence-electron chi connectivity index (χ0n) is 8.37. The Labute approximate surface area is 74.3 Å². The van der Waals surface area contributed by atoms with Gasteiger partial charge in [-0.1, -0.05) is 6.92 Å². The third kappa shape index (κ3) is 1.61. The van der Waals surface area contributed by atoms with Gasteiger partial charge in [0, 0.05) is 14.1 Å². The van der Waals surface area contributed by atoms with Crippen molar-refractivity contribution in [3.8, 4) is 0 Å². The third-order valence-corrected chi connectivity index (χ3v) is 2.64. The molecule has 0 radical (unpaired) electrons. The summed E-state index contributed by atoms with van der Waals surface area (Å²) < 4.78 is 0. The number of likely N-dealkylation sites (tertiary alicyclic amines) is 1. The molecule has 1 amide bonds. The summed E-state index contributed by atoms with van der Waals surface area (Å²) in [5.74, 6) is 0.743. The number of likely N-dealkylation sites (N-methyl/N-ethyl adjacent to an activating group) is 2. The first-order chi connectivity index (χ1) is 5.54. The summed E-state index contributed by atoms with van der Waals surface area (Å²) in [7, 11) is 5.66. The van der Waals surface area contributed by atoms with Crippen LogP contribution in [0.2, 0.25) is 0 Å². The van der Waals surface area contributed by atoms with Crippen molar-refractivity contribution in [2.24, 2.45) is 5.92 Å². The van der Waals surface area contributed by atoms with Gasteiger partial charge in [-0.05, 0) is 25.9 Å². The van der Waals surface area contributed by atoms with Gasteiger partial charge in [0.15, 0.2) is 0 Å². The SMILES string of the molecule is CC1CCN(C)C1C(=O)N(C)C. The maximum atomic E-state index is 11.7. The van der Waals surface area contributed by atoms with Gasteiger partial charge >= 0.3 is 0 Å². The number of carbonyl (C=O) groups excluding carboxylic acids is 1. The molecule has 0 bridgehead atoms. The van der Waals surface area contributed by atoms with Gasteiger partial charge in [-0.15, -0.1) is 0 Å². The zero-order chi connectivity index (χ0) is 9.30. The molecule has 3 nitrogen and oxygen atoms in total. The molecule has 2 unspecified atom stereocenters. The highest BCUT2D eigenvalue weighted by molar-refractivity contribution is 5.82. The minimum Gasteiger partial charge on any atom is -0.347 e. The maximum absolute atomic E-state index is 11.7. The van der Waals surface area contributed by atoms with Crippen molar-refractivity contribution >= 4 is 5.91 Å². The van der Waals surface area contributed by atoms with E-state index in [0.29, 0.717) is 5.92 Å². The van der Waals surface area contributed by atoms with Gasteiger partial charge in [0.05, 0.1) is 6.04 Å². The number of hydrogen-bond acceptors (Lipinski definition) is 2. The molecule has 0 aromatic carbocycles. The van der Waals surface area contributed by atoms with Crippen LogP contribution in [0.5, 0.6) is 0 Å². The first-order valence-electron chi connectivity index (χ1n) is 4.45. The van der Waals surface area contributed by atoms with Crippen LogP contribution < -0.4 is 0 Å². The largest absolute Gasteiger partial charge is 0.347 e. The average Bonchev–Trinajstić information content (AvgIpc) is 2.30. The van der Waals surface area contributed by atoms with Crippen LogP contribution in [-0.2, 0) is 4.79 Å². The van der Waals surface area contributed by atoms with Gasteiger partial charge in [-0.2, -0.15) is 0 Å². The highest BCUT2D eigenvalue weighted by atomic mass is 16.2. The van der Waals surface area contributed by atoms with Crippen LogP contribution in [0, 0.1) is 5.92 Å². The van der Waals surface area contributed by atoms with E-state index in [1.807, 2.05) is 21.1 Å². The van der Waals surface area contributed by atoms with Crippen LogP contribution in [0.1, 0.15) is 13.3 Å². The smallest absolute Gasteiger partial charge is 0.239 e. The molecule has 0 aromatic rings. The summed E-state index contributed by atoms with van der Waals surface area (Å²) in [6.45, 7) is 3.20. The quantitative estimate of drug-likeness (QED) is 0.569. The van der Waals surface area contributed by atoms with Crippen LogP contribution in [-0.4, -0.2) is 49.4 Å². The summed E-state index contributed by atoms with van der Waals surface area (Å²) in [4.78, 5) is 15.5. The molecular weight excluding hydrogens is 152 g/mol. The van der Waals surface area contributed by atoms with Crippen molar-refractivity contribution in [2.75, 3.05) is 27.7 Å². The highest BCUT2D eigenvalue weighted by Gasteiger charge is 2.34. The fourth-order valence-electron chi connectivity index (χ4n) is 1.84. The molecule has 1 aliphatic heterocycles. The fraction of sp³-hybridized carbons (Fsp3) is 0.889. The van der Waals surface area contributed by atoms with Crippen LogP contribution in [0.4, 0.5) is 0 Å². The van der Waals surface area contributed by atoms with Gasteiger partial charge in [0.25, 0.3) is 0 Å². The average molecular weight is 170 g/mol. The van der Waals surface area contributed by atoms with E-state index >= 15 is 0 Å². The van der Waals surface area contributed by atoms with E-state index in [1.54, 1.807) is 4.90 Å². The molecule has 1 aliphatic rings. The standard InChI is InChI=1S/C9H18N2O/c1-7-5-6-11(4)8(7)9(12)10(2)3/h7-8H,5-6H2,1-4H3. The van der Waals surface area contributed by atoms with Crippen molar-refractivity contribution in [1.29, 1.82) is 0 Å². The molecule has 1 fully saturated rings. The van der Waals surface area contributed by atoms with E-state index in [1.165, 1.54) is 0 Å². The minimum absolute atomic E-state index is 0.111. The molecule has 0 aliphatic carbocycles. The Bertz CT molecular complexity index is 169. The lowest BCUT2D eigenvalue weighted by Crippen LogP contribution is -2.43. The number of carbonyl (C=O) groups is 1. The number of hydrogen-bond donors (Lipinski definition) is 0. The molecule has 0 spiro atoms. The van der Waals surface area contributed by atoms with E-state index in [0.717, 1.165) is 13.0 Å². The molecule has 0 saturated carbocycles. The van der Waals surface area contributed by atoms with Crippen LogP contribution in [0.15, 0.2) is 0 Å². The lowest BCUT2D eigenvalue weighted by molar-refractivity contribution is -0.134. The molecule has 1 saturated heterocycles. The zero-order valence-corrected chi connectivity index (χ0v) is 8.37. The second-order valence-corrected chi connectivity index (χ2v) is 3.92. The first-order valence-corrected chi connectivity index (χ1v) is 4.45. The molecule has 0 aromatic heterocycles. The molecule has 70 valence electrons. The second kappa shape index (κ2) is 3.44. The summed E-state index contributed by atoms with van der Waals surface area (Å²) in [6.07, 6.45) is 1.14. The maximum Gasteiger partial charge on any atom is 0.239 e. The monoisotopic (exact) mass is 170 g/mol. The molecule has 3 heteroatoms. The molecule has 12 heavy (non-hydrogen) atoms. The molecule has 0 N–H and O–H groups in total. The second-order valence-electron chi connectivity index (χ2n) is 3.92. The van der Waals surface area contributed by atoms with Crippen molar-refractivity contribution in [1.82, 2.24) is 9.80 Å². The minimum atomic E-state index is 0.111. The summed E-state index contributed by atoms with van der Waals surface area (Å²) in [6, 6.07) is 0.111. The molecule has 2 atom stereocenters. The number of nitrogens with zero attached hydrogens (tertiary/aromatic N) is 2. The van der Waals surface area contributed by atoms with Crippen molar-refractivity contribution < 1.29 is 4.79 Å². The molecular formula is C9H18N2O. The Kier molecular flexibility index (Phi) is 2.73. The normalized spacial score (nSPS) is 30.7. The van der Waals surface area contributed by atoms with Crippen molar-refractivity contribution in [3.63, 3.8) is 0 Å². The Morgan fingerprint density at radius 1 is 1.50 bits per heavy atom. The van der Waals surface area contributed by atoms with E-state index in [9.17, 15) is 4.79 Å². The van der Waals surface area contributed by atoms with Gasteiger partial charge < -0.3 is 4.90 Å². The van der Waals surface area contributed by atoms with Gasteiger partial charge in [0.2, 0.25) is 5.91 Å². The summed E-state index contributed by atoms with van der Waals surface area (Å²) in [5.41, 5.74) is 0. The van der Waals surface area contributed by atoms with Crippen molar-refractivity contribution in [3.05, 3.63) is 0 Å². The van der Waals surface area contributed by atoms with Gasteiger partial charge in [0.1, 0.15) is 0 Å². The lowest BCUT2D eigenvalue weighted by Gasteiger charge is -2.24. The Hall–Kier alpha value is -0.570. The predicted octanol–water partition coefficient (Wildman–Crippen LogP) is 0.415. The Morgan fingerprint density at radius 3 is 2.42 bits per heavy atom. The van der Waals surface area contributed by atoms with Crippen LogP contribution in [0.3, 0.4) is 0 Å². The fourth-order valence-corrected chi connectivity index (χ4v) is 1.84. The predicted molar refractivity (Wildman–Crippen MR) is 48.9 cm³/mol. The third-order valence-electron chi connectivity index (χ3n) is 2.64. The summed E-state index contributed by atoms with van der Waals surface area (Å²) in [5, 5.41) is 0. The first kappa shape index (κ1) is 9.52. The highest BCUT2D eigenvalue weighted by Crippen LogP contribution is 2.22. The van der Waals surface area contributed by atoms with E-state index in [4.69, 9.17) is 0 Å². The Balaban J connectivity index is 2.66.